The van der Waals surface area contributed by atoms with Gasteiger partial charge in [-0.05, 0) is 54.6 Å². The van der Waals surface area contributed by atoms with E-state index in [0.717, 1.165) is 0 Å². The zero-order valence-corrected chi connectivity index (χ0v) is 18.6. The maximum Gasteiger partial charge on any atom is 0.299 e. The van der Waals surface area contributed by atoms with Gasteiger partial charge in [-0.15, -0.1) is 10.2 Å². The molecule has 172 valence electrons. The Morgan fingerprint density at radius 3 is 2.14 bits per heavy atom. The third-order valence-electron chi connectivity index (χ3n) is 5.54. The van der Waals surface area contributed by atoms with Crippen molar-refractivity contribution in [2.45, 2.75) is 0 Å². The Morgan fingerprint density at radius 2 is 1.49 bits per heavy atom. The third-order valence-corrected chi connectivity index (χ3v) is 5.77. The van der Waals surface area contributed by atoms with Crippen molar-refractivity contribution in [1.29, 1.82) is 0 Å². The Bertz CT molecular complexity index is 1640. The number of rotatable bonds is 3. The van der Waals surface area contributed by atoms with Crippen LogP contribution in [-0.2, 0) is 0 Å². The first-order chi connectivity index (χ1) is 16.8. The van der Waals surface area contributed by atoms with Crippen LogP contribution in [0.15, 0.2) is 83.2 Å². The van der Waals surface area contributed by atoms with E-state index in [-0.39, 0.29) is 28.6 Å². The first-order valence-electron chi connectivity index (χ1n) is 10.3. The minimum atomic E-state index is -0.823. The molecule has 4 N–H and O–H groups in total. The van der Waals surface area contributed by atoms with E-state index in [2.05, 4.69) is 15.2 Å². The molecule has 9 nitrogen and oxygen atoms in total. The van der Waals surface area contributed by atoms with Crippen LogP contribution in [0.2, 0.25) is 5.02 Å². The molecular weight excluding hydrogens is 470 g/mol. The SMILES string of the molecule is Nc1c(C(=O)N=NC(=O)c2ccc(-n3c(O)c4ccccc4c3O)cc2)cnc2ccc(Cl)cc12. The molecule has 0 fully saturated rings. The van der Waals surface area contributed by atoms with Crippen molar-refractivity contribution in [2.75, 3.05) is 5.73 Å². The molecule has 0 aliphatic heterocycles. The number of aromatic hydroxyl groups is 2. The van der Waals surface area contributed by atoms with Gasteiger partial charge in [0.15, 0.2) is 0 Å². The van der Waals surface area contributed by atoms with E-state index in [9.17, 15) is 19.8 Å². The number of azo groups is 1. The normalized spacial score (nSPS) is 11.5. The van der Waals surface area contributed by atoms with E-state index < -0.39 is 11.8 Å². The summed E-state index contributed by atoms with van der Waals surface area (Å²) in [5.41, 5.74) is 7.35. The maximum absolute atomic E-state index is 12.5. The number of pyridine rings is 1. The summed E-state index contributed by atoms with van der Waals surface area (Å²) < 4.78 is 1.26. The lowest BCUT2D eigenvalue weighted by Gasteiger charge is -2.07. The van der Waals surface area contributed by atoms with Gasteiger partial charge < -0.3 is 15.9 Å². The van der Waals surface area contributed by atoms with E-state index in [0.29, 0.717) is 32.4 Å². The molecule has 0 radical (unpaired) electrons. The van der Waals surface area contributed by atoms with Gasteiger partial charge in [0.1, 0.15) is 0 Å². The summed E-state index contributed by atoms with van der Waals surface area (Å²) in [6.45, 7) is 0. The zero-order valence-electron chi connectivity index (χ0n) is 17.9. The lowest BCUT2D eigenvalue weighted by Crippen LogP contribution is -2.04. The first-order valence-corrected chi connectivity index (χ1v) is 10.7. The van der Waals surface area contributed by atoms with Crippen LogP contribution in [-0.4, -0.2) is 31.6 Å². The maximum atomic E-state index is 12.5. The number of hydrogen-bond donors (Lipinski definition) is 3. The second kappa shape index (κ2) is 8.54. The van der Waals surface area contributed by atoms with Crippen LogP contribution in [0, 0.1) is 0 Å². The molecule has 2 amide bonds. The molecule has 0 bridgehead atoms. The molecule has 0 atom stereocenters. The van der Waals surface area contributed by atoms with Gasteiger partial charge in [0.2, 0.25) is 11.8 Å². The van der Waals surface area contributed by atoms with E-state index in [1.807, 2.05) is 0 Å². The van der Waals surface area contributed by atoms with Crippen molar-refractivity contribution in [3.63, 3.8) is 0 Å². The monoisotopic (exact) mass is 485 g/mol. The number of aromatic nitrogens is 2. The number of halogens is 1. The number of carbonyl (C=O) groups is 2. The fourth-order valence-corrected chi connectivity index (χ4v) is 3.94. The molecule has 0 spiro atoms. The first kappa shape index (κ1) is 22.1. The molecule has 2 heterocycles. The van der Waals surface area contributed by atoms with Crippen molar-refractivity contribution in [1.82, 2.24) is 9.55 Å². The van der Waals surface area contributed by atoms with Crippen molar-refractivity contribution in [2.24, 2.45) is 10.2 Å². The highest BCUT2D eigenvalue weighted by Gasteiger charge is 2.18. The fraction of sp³-hybridized carbons (Fsp3) is 0. The molecule has 5 aromatic rings. The molecule has 10 heteroatoms. The summed E-state index contributed by atoms with van der Waals surface area (Å²) in [5.74, 6) is -1.85. The van der Waals surface area contributed by atoms with E-state index >= 15 is 0 Å². The highest BCUT2D eigenvalue weighted by atomic mass is 35.5. The molecule has 0 unspecified atom stereocenters. The zero-order chi connectivity index (χ0) is 24.7. The van der Waals surface area contributed by atoms with Crippen molar-refractivity contribution in [3.05, 3.63) is 89.1 Å². The smallest absolute Gasteiger partial charge is 0.299 e. The molecular formula is C25H16ClN5O4. The van der Waals surface area contributed by atoms with Gasteiger partial charge in [-0.3, -0.25) is 19.1 Å². The summed E-state index contributed by atoms with van der Waals surface area (Å²) in [6, 6.07) is 17.7. The number of fused-ring (bicyclic) bond motifs is 2. The summed E-state index contributed by atoms with van der Waals surface area (Å²) >= 11 is 6.00. The number of hydrogen-bond acceptors (Lipinski definition) is 6. The number of nitrogens with zero attached hydrogens (tertiary/aromatic N) is 4. The number of benzene rings is 3. The summed E-state index contributed by atoms with van der Waals surface area (Å²) in [5, 5.41) is 29.9. The average molecular weight is 486 g/mol. The van der Waals surface area contributed by atoms with Crippen LogP contribution >= 0.6 is 11.6 Å². The van der Waals surface area contributed by atoms with Crippen LogP contribution in [0.25, 0.3) is 27.4 Å². The largest absolute Gasteiger partial charge is 0.494 e. The van der Waals surface area contributed by atoms with Gasteiger partial charge in [-0.2, -0.15) is 0 Å². The second-order valence-corrected chi connectivity index (χ2v) is 8.07. The molecule has 2 aromatic heterocycles. The number of nitrogen functional groups attached to an aromatic ring is 1. The van der Waals surface area contributed by atoms with Gasteiger partial charge >= 0.3 is 0 Å². The minimum Gasteiger partial charge on any atom is -0.494 e. The topological polar surface area (TPSA) is 143 Å². The molecule has 0 aliphatic rings. The number of anilines is 1. The number of nitrogens with two attached hydrogens (primary N) is 1. The van der Waals surface area contributed by atoms with Crippen molar-refractivity contribution in [3.8, 4) is 17.4 Å². The van der Waals surface area contributed by atoms with Crippen LogP contribution in [0.4, 0.5) is 5.69 Å². The van der Waals surface area contributed by atoms with Crippen LogP contribution < -0.4 is 5.73 Å². The van der Waals surface area contributed by atoms with E-state index in [4.69, 9.17) is 17.3 Å². The van der Waals surface area contributed by atoms with Crippen molar-refractivity contribution < 1.29 is 19.8 Å². The number of carbonyl (C=O) groups excluding carboxylic acids is 2. The number of amides is 2. The van der Waals surface area contributed by atoms with Crippen LogP contribution in [0.1, 0.15) is 20.7 Å². The van der Waals surface area contributed by atoms with Crippen LogP contribution in [0.3, 0.4) is 0 Å². The van der Waals surface area contributed by atoms with Gasteiger partial charge in [0, 0.05) is 32.9 Å². The standard InChI is InChI=1S/C25H16ClN5O4/c26-14-7-10-20-18(11-14)21(27)19(12-28-20)23(33)30-29-22(32)13-5-8-15(9-6-13)31-24(34)16-3-1-2-4-17(16)25(31)35/h1-12,34-35H,(H2,27,28). The molecule has 35 heavy (non-hydrogen) atoms. The molecule has 5 rings (SSSR count). The van der Waals surface area contributed by atoms with Gasteiger partial charge in [0.05, 0.1) is 22.5 Å². The average Bonchev–Trinajstić information content (AvgIpc) is 3.13. The molecule has 0 saturated carbocycles. The highest BCUT2D eigenvalue weighted by molar-refractivity contribution is 6.31. The molecule has 0 aliphatic carbocycles. The van der Waals surface area contributed by atoms with Crippen LogP contribution in [0.5, 0.6) is 11.8 Å². The minimum absolute atomic E-state index is 0.00251. The Kier molecular flexibility index (Phi) is 5.38. The van der Waals surface area contributed by atoms with Gasteiger partial charge in [-0.1, -0.05) is 23.7 Å². The molecule has 0 saturated heterocycles. The lowest BCUT2D eigenvalue weighted by molar-refractivity contribution is 0.0947. The van der Waals surface area contributed by atoms with Crippen molar-refractivity contribution >= 4 is 50.8 Å². The predicted octanol–water partition coefficient (Wildman–Crippen LogP) is 5.26. The van der Waals surface area contributed by atoms with E-state index in [1.165, 1.54) is 35.0 Å². The Morgan fingerprint density at radius 1 is 0.857 bits per heavy atom. The second-order valence-electron chi connectivity index (χ2n) is 7.63. The third kappa shape index (κ3) is 3.83. The summed E-state index contributed by atoms with van der Waals surface area (Å²) in [7, 11) is 0. The van der Waals surface area contributed by atoms with E-state index in [1.54, 1.807) is 42.5 Å². The molecule has 3 aromatic carbocycles. The summed E-state index contributed by atoms with van der Waals surface area (Å²) in [4.78, 5) is 29.1. The Labute approximate surface area is 202 Å². The highest BCUT2D eigenvalue weighted by Crippen LogP contribution is 2.38. The predicted molar refractivity (Wildman–Crippen MR) is 131 cm³/mol. The fourth-order valence-electron chi connectivity index (χ4n) is 3.77. The summed E-state index contributed by atoms with van der Waals surface area (Å²) in [6.07, 6.45) is 1.27. The lowest BCUT2D eigenvalue weighted by atomic mass is 10.1. The Hall–Kier alpha value is -4.76. The van der Waals surface area contributed by atoms with Gasteiger partial charge in [-0.25, -0.2) is 0 Å². The quantitative estimate of drug-likeness (QED) is 0.297. The van der Waals surface area contributed by atoms with Gasteiger partial charge in [0.25, 0.3) is 11.8 Å². The Balaban J connectivity index is 1.38.